The average molecular weight is 412 g/mol. The molecule has 0 spiro atoms. The lowest BCUT2D eigenvalue weighted by molar-refractivity contribution is 0.355. The monoisotopic (exact) mass is 411 g/mol. The maximum atomic E-state index is 6.18. The number of fused-ring (bicyclic) bond motifs is 3. The summed E-state index contributed by atoms with van der Waals surface area (Å²) < 4.78 is 12.7. The molecule has 2 aromatic carbocycles. The van der Waals surface area contributed by atoms with E-state index in [9.17, 15) is 0 Å². The minimum absolute atomic E-state index is 0.447. The first-order valence-corrected chi connectivity index (χ1v) is 9.70. The summed E-state index contributed by atoms with van der Waals surface area (Å²) in [6.07, 6.45) is 0. The third-order valence-electron chi connectivity index (χ3n) is 4.61. The van der Waals surface area contributed by atoms with Crippen LogP contribution in [0.2, 0.25) is 5.02 Å². The van der Waals surface area contributed by atoms with Gasteiger partial charge in [0.1, 0.15) is 0 Å². The van der Waals surface area contributed by atoms with Crippen molar-refractivity contribution in [3.8, 4) is 22.9 Å². The number of ether oxygens (including phenoxy) is 2. The highest BCUT2D eigenvalue weighted by molar-refractivity contribution is 6.31. The number of benzene rings is 2. The fourth-order valence-electron chi connectivity index (χ4n) is 3.19. The van der Waals surface area contributed by atoms with Gasteiger partial charge in [-0.25, -0.2) is 9.38 Å². The summed E-state index contributed by atoms with van der Waals surface area (Å²) in [6, 6.07) is 11.2. The summed E-state index contributed by atoms with van der Waals surface area (Å²) in [5.74, 6) is 3.05. The molecular weight excluding hydrogens is 390 g/mol. The third-order valence-corrected chi connectivity index (χ3v) is 4.85. The Hall–Kier alpha value is -3.06. The second-order valence-electron chi connectivity index (χ2n) is 7.12. The van der Waals surface area contributed by atoms with Gasteiger partial charge in [-0.05, 0) is 42.3 Å². The molecular formula is C21H22ClN5O2. The SMILES string of the molecule is COc1ccc(-c2nnc3c4ccc(Cl)cc4nc(NCC(C)C)n23)cc1OC. The Morgan fingerprint density at radius 2 is 1.83 bits per heavy atom. The molecule has 150 valence electrons. The number of methoxy groups -OCH3 is 2. The zero-order chi connectivity index (χ0) is 20.5. The average Bonchev–Trinajstić information content (AvgIpc) is 3.16. The lowest BCUT2D eigenvalue weighted by Gasteiger charge is -2.14. The van der Waals surface area contributed by atoms with Crippen LogP contribution < -0.4 is 14.8 Å². The number of nitrogens with one attached hydrogen (secondary N) is 1. The maximum Gasteiger partial charge on any atom is 0.211 e. The Labute approximate surface area is 173 Å². The maximum absolute atomic E-state index is 6.18. The van der Waals surface area contributed by atoms with Crippen molar-refractivity contribution in [1.82, 2.24) is 19.6 Å². The van der Waals surface area contributed by atoms with Crippen LogP contribution in [0.1, 0.15) is 13.8 Å². The van der Waals surface area contributed by atoms with Gasteiger partial charge in [-0.3, -0.25) is 0 Å². The molecule has 2 heterocycles. The molecule has 0 aliphatic heterocycles. The zero-order valence-corrected chi connectivity index (χ0v) is 17.5. The molecule has 0 atom stereocenters. The Morgan fingerprint density at radius 3 is 2.55 bits per heavy atom. The van der Waals surface area contributed by atoms with Gasteiger partial charge in [-0.1, -0.05) is 25.4 Å². The van der Waals surface area contributed by atoms with Crippen LogP contribution >= 0.6 is 11.6 Å². The van der Waals surface area contributed by atoms with E-state index in [1.807, 2.05) is 40.8 Å². The molecule has 1 N–H and O–H groups in total. The van der Waals surface area contributed by atoms with E-state index in [0.29, 0.717) is 39.9 Å². The number of anilines is 1. The van der Waals surface area contributed by atoms with Gasteiger partial charge in [0.25, 0.3) is 0 Å². The van der Waals surface area contributed by atoms with Crippen molar-refractivity contribution in [2.75, 3.05) is 26.1 Å². The van der Waals surface area contributed by atoms with Crippen LogP contribution in [0, 0.1) is 5.92 Å². The summed E-state index contributed by atoms with van der Waals surface area (Å²) >= 11 is 6.18. The summed E-state index contributed by atoms with van der Waals surface area (Å²) in [4.78, 5) is 4.80. The van der Waals surface area contributed by atoms with E-state index in [0.717, 1.165) is 23.0 Å². The van der Waals surface area contributed by atoms with Crippen LogP contribution in [0.25, 0.3) is 27.9 Å². The molecule has 4 rings (SSSR count). The van der Waals surface area contributed by atoms with E-state index >= 15 is 0 Å². The van der Waals surface area contributed by atoms with Crippen molar-refractivity contribution in [2.45, 2.75) is 13.8 Å². The normalized spacial score (nSPS) is 11.4. The number of halogens is 1. The fraction of sp³-hybridized carbons (Fsp3) is 0.286. The van der Waals surface area contributed by atoms with Crippen LogP contribution in [-0.4, -0.2) is 40.3 Å². The summed E-state index contributed by atoms with van der Waals surface area (Å²) in [7, 11) is 3.22. The third kappa shape index (κ3) is 3.53. The van der Waals surface area contributed by atoms with Gasteiger partial charge in [0.15, 0.2) is 23.0 Å². The minimum Gasteiger partial charge on any atom is -0.493 e. The van der Waals surface area contributed by atoms with Crippen LogP contribution in [0.15, 0.2) is 36.4 Å². The molecule has 0 aliphatic rings. The van der Waals surface area contributed by atoms with Gasteiger partial charge >= 0.3 is 0 Å². The van der Waals surface area contributed by atoms with Crippen LogP contribution in [0.4, 0.5) is 5.95 Å². The topological polar surface area (TPSA) is 73.6 Å². The van der Waals surface area contributed by atoms with E-state index in [2.05, 4.69) is 29.4 Å². The Balaban J connectivity index is 1.97. The summed E-state index contributed by atoms with van der Waals surface area (Å²) in [5.41, 5.74) is 2.32. The highest BCUT2D eigenvalue weighted by Gasteiger charge is 2.18. The van der Waals surface area contributed by atoms with E-state index in [4.69, 9.17) is 26.1 Å². The van der Waals surface area contributed by atoms with E-state index < -0.39 is 0 Å². The second-order valence-corrected chi connectivity index (χ2v) is 7.56. The van der Waals surface area contributed by atoms with Crippen LogP contribution in [0.3, 0.4) is 0 Å². The molecule has 0 amide bonds. The number of hydrogen-bond donors (Lipinski definition) is 1. The number of aromatic nitrogens is 4. The van der Waals surface area contributed by atoms with Gasteiger partial charge in [0.05, 0.1) is 19.7 Å². The van der Waals surface area contributed by atoms with E-state index in [1.165, 1.54) is 0 Å². The highest BCUT2D eigenvalue weighted by Crippen LogP contribution is 2.33. The molecule has 0 saturated heterocycles. The molecule has 0 fully saturated rings. The van der Waals surface area contributed by atoms with Crippen molar-refractivity contribution in [3.05, 3.63) is 41.4 Å². The van der Waals surface area contributed by atoms with Crippen LogP contribution in [0.5, 0.6) is 11.5 Å². The van der Waals surface area contributed by atoms with Gasteiger partial charge in [0, 0.05) is 22.5 Å². The fourth-order valence-corrected chi connectivity index (χ4v) is 3.35. The van der Waals surface area contributed by atoms with Gasteiger partial charge in [-0.15, -0.1) is 10.2 Å². The standard InChI is InChI=1S/C21H22ClN5O2/c1-12(2)11-23-21-24-16-10-14(22)6-7-15(16)20-26-25-19(27(20)21)13-5-8-17(28-3)18(9-13)29-4/h5-10,12H,11H2,1-4H3,(H,23,24). The first-order valence-electron chi connectivity index (χ1n) is 9.32. The highest BCUT2D eigenvalue weighted by atomic mass is 35.5. The Morgan fingerprint density at radius 1 is 1.03 bits per heavy atom. The molecule has 0 bridgehead atoms. The molecule has 29 heavy (non-hydrogen) atoms. The second kappa shape index (κ2) is 7.75. The quantitative estimate of drug-likeness (QED) is 0.496. The predicted molar refractivity (Wildman–Crippen MR) is 115 cm³/mol. The van der Waals surface area contributed by atoms with Gasteiger partial charge in [-0.2, -0.15) is 0 Å². The smallest absolute Gasteiger partial charge is 0.211 e. The molecule has 0 radical (unpaired) electrons. The first kappa shape index (κ1) is 19.3. The molecule has 0 saturated carbocycles. The predicted octanol–water partition coefficient (Wildman–Crippen LogP) is 4.68. The van der Waals surface area contributed by atoms with Gasteiger partial charge in [0.2, 0.25) is 5.95 Å². The van der Waals surface area contributed by atoms with Crippen molar-refractivity contribution < 1.29 is 9.47 Å². The lowest BCUT2D eigenvalue weighted by atomic mass is 10.2. The Kier molecular flexibility index (Phi) is 5.15. The molecule has 0 aliphatic carbocycles. The van der Waals surface area contributed by atoms with Crippen molar-refractivity contribution in [1.29, 1.82) is 0 Å². The van der Waals surface area contributed by atoms with Crippen molar-refractivity contribution in [3.63, 3.8) is 0 Å². The number of rotatable bonds is 6. The van der Waals surface area contributed by atoms with Crippen LogP contribution in [-0.2, 0) is 0 Å². The Bertz CT molecular complexity index is 1190. The van der Waals surface area contributed by atoms with Crippen molar-refractivity contribution in [2.24, 2.45) is 5.92 Å². The lowest BCUT2D eigenvalue weighted by Crippen LogP contribution is -2.13. The molecule has 4 aromatic rings. The van der Waals surface area contributed by atoms with E-state index in [-0.39, 0.29) is 0 Å². The first-order chi connectivity index (χ1) is 14.0. The number of nitrogens with zero attached hydrogens (tertiary/aromatic N) is 4. The molecule has 8 heteroatoms. The molecule has 2 aromatic heterocycles. The van der Waals surface area contributed by atoms with Crippen molar-refractivity contribution >= 4 is 34.1 Å². The minimum atomic E-state index is 0.447. The molecule has 7 nitrogen and oxygen atoms in total. The van der Waals surface area contributed by atoms with E-state index in [1.54, 1.807) is 14.2 Å². The largest absolute Gasteiger partial charge is 0.493 e. The summed E-state index contributed by atoms with van der Waals surface area (Å²) in [6.45, 7) is 5.05. The zero-order valence-electron chi connectivity index (χ0n) is 16.7. The number of hydrogen-bond acceptors (Lipinski definition) is 6. The summed E-state index contributed by atoms with van der Waals surface area (Å²) in [5, 5.41) is 13.8. The molecule has 0 unspecified atom stereocenters. The van der Waals surface area contributed by atoms with Gasteiger partial charge < -0.3 is 14.8 Å².